The fourth-order valence-electron chi connectivity index (χ4n) is 5.43. The van der Waals surface area contributed by atoms with Gasteiger partial charge in [-0.25, -0.2) is 0 Å². The van der Waals surface area contributed by atoms with E-state index in [1.54, 1.807) is 6.20 Å². The van der Waals surface area contributed by atoms with E-state index in [1.165, 1.54) is 16.2 Å². The fourth-order valence-corrected chi connectivity index (χ4v) is 6.83. The summed E-state index contributed by atoms with van der Waals surface area (Å²) in [6.45, 7) is 5.73. The van der Waals surface area contributed by atoms with Crippen molar-refractivity contribution in [3.05, 3.63) is 45.9 Å². The molecule has 2 aliphatic heterocycles. The Labute approximate surface area is 260 Å². The van der Waals surface area contributed by atoms with Crippen LogP contribution in [0.3, 0.4) is 0 Å². The molecule has 2 fully saturated rings. The third kappa shape index (κ3) is 7.71. The second kappa shape index (κ2) is 14.6. The van der Waals surface area contributed by atoms with Crippen LogP contribution in [0.15, 0.2) is 30.5 Å². The van der Waals surface area contributed by atoms with Crippen molar-refractivity contribution in [2.45, 2.75) is 51.7 Å². The zero-order valence-corrected chi connectivity index (χ0v) is 25.9. The van der Waals surface area contributed by atoms with E-state index in [0.29, 0.717) is 70.3 Å². The zero-order chi connectivity index (χ0) is 30.3. The number of aromatic nitrogens is 1. The third-order valence-electron chi connectivity index (χ3n) is 7.63. The van der Waals surface area contributed by atoms with Crippen molar-refractivity contribution in [3.8, 4) is 16.9 Å². The number of fused-ring (bicyclic) bond motifs is 1. The van der Waals surface area contributed by atoms with E-state index in [4.69, 9.17) is 31.5 Å². The number of hydrogen-bond donors (Lipinski definition) is 1. The number of amides is 3. The highest BCUT2D eigenvalue weighted by molar-refractivity contribution is 7.19. The summed E-state index contributed by atoms with van der Waals surface area (Å²) in [7, 11) is 0. The summed E-state index contributed by atoms with van der Waals surface area (Å²) in [5.41, 5.74) is 8.90. The minimum atomic E-state index is -0.137. The first kappa shape index (κ1) is 31.3. The van der Waals surface area contributed by atoms with Crippen LogP contribution >= 0.6 is 22.9 Å². The van der Waals surface area contributed by atoms with E-state index >= 15 is 0 Å². The van der Waals surface area contributed by atoms with Crippen LogP contribution in [0.25, 0.3) is 21.3 Å². The molecular weight excluding hydrogens is 592 g/mol. The number of carbonyl (C=O) groups excluding carboxylic acids is 3. The maximum Gasteiger partial charge on any atom is 0.230 e. The maximum atomic E-state index is 12.7. The van der Waals surface area contributed by atoms with Crippen molar-refractivity contribution in [1.82, 2.24) is 14.8 Å². The summed E-state index contributed by atoms with van der Waals surface area (Å²) in [5.74, 6) is 0.561. The van der Waals surface area contributed by atoms with Gasteiger partial charge in [0.05, 0.1) is 49.6 Å². The van der Waals surface area contributed by atoms with Crippen molar-refractivity contribution < 1.29 is 28.6 Å². The Morgan fingerprint density at radius 3 is 2.49 bits per heavy atom. The molecule has 3 aromatic rings. The number of nitrogens with zero attached hydrogens (tertiary/aromatic N) is 3. The van der Waals surface area contributed by atoms with Crippen LogP contribution in [0, 0.1) is 6.92 Å². The molecule has 2 aromatic heterocycles. The predicted octanol–water partition coefficient (Wildman–Crippen LogP) is 4.33. The quantitative estimate of drug-likeness (QED) is 0.219. The van der Waals surface area contributed by atoms with Crippen LogP contribution in [0.4, 0.5) is 0 Å². The van der Waals surface area contributed by atoms with Crippen LogP contribution in [-0.2, 0) is 30.4 Å². The van der Waals surface area contributed by atoms with Gasteiger partial charge < -0.3 is 24.8 Å². The molecular formula is C31H37ClN4O6S. The molecule has 0 aliphatic carbocycles. The Morgan fingerprint density at radius 1 is 1.05 bits per heavy atom. The molecule has 0 saturated carbocycles. The molecule has 3 amide bonds. The molecule has 2 N–H and O–H groups in total. The number of benzene rings is 1. The largest absolute Gasteiger partial charge is 0.489 e. The summed E-state index contributed by atoms with van der Waals surface area (Å²) in [6, 6.07) is 7.68. The number of thiophene rings is 1. The lowest BCUT2D eigenvalue weighted by Crippen LogP contribution is -2.42. The molecule has 0 bridgehead atoms. The molecule has 43 heavy (non-hydrogen) atoms. The topological polar surface area (TPSA) is 124 Å². The molecule has 0 radical (unpaired) electrons. The Bertz CT molecular complexity index is 1460. The molecule has 2 saturated heterocycles. The van der Waals surface area contributed by atoms with E-state index in [9.17, 15) is 14.4 Å². The summed E-state index contributed by atoms with van der Waals surface area (Å²) < 4.78 is 18.4. The van der Waals surface area contributed by atoms with E-state index in [0.717, 1.165) is 37.5 Å². The number of carbonyl (C=O) groups is 3. The molecule has 0 spiro atoms. The van der Waals surface area contributed by atoms with Gasteiger partial charge in [0.15, 0.2) is 0 Å². The van der Waals surface area contributed by atoms with E-state index in [1.807, 2.05) is 36.1 Å². The molecule has 230 valence electrons. The Morgan fingerprint density at radius 2 is 1.77 bits per heavy atom. The van der Waals surface area contributed by atoms with Crippen LogP contribution < -0.4 is 10.5 Å². The second-order valence-corrected chi connectivity index (χ2v) is 12.3. The summed E-state index contributed by atoms with van der Waals surface area (Å²) in [5, 5.41) is 0.600. The minimum Gasteiger partial charge on any atom is -0.489 e. The predicted molar refractivity (Wildman–Crippen MR) is 165 cm³/mol. The van der Waals surface area contributed by atoms with Crippen molar-refractivity contribution in [2.24, 2.45) is 5.73 Å². The number of rotatable bonds is 13. The lowest BCUT2D eigenvalue weighted by Gasteiger charge is -2.33. The van der Waals surface area contributed by atoms with E-state index < -0.39 is 0 Å². The van der Waals surface area contributed by atoms with Gasteiger partial charge in [0.1, 0.15) is 11.9 Å². The number of aryl methyl sites for hydroxylation is 1. The molecule has 0 unspecified atom stereocenters. The summed E-state index contributed by atoms with van der Waals surface area (Å²) in [6.07, 6.45) is 4.00. The fraction of sp³-hybridized carbons (Fsp3) is 0.484. The van der Waals surface area contributed by atoms with Crippen LogP contribution in [0.2, 0.25) is 5.02 Å². The monoisotopic (exact) mass is 628 g/mol. The Hall–Kier alpha value is -3.09. The highest BCUT2D eigenvalue weighted by atomic mass is 35.5. The first-order valence-corrected chi connectivity index (χ1v) is 15.8. The molecule has 0 atom stereocenters. The second-order valence-electron chi connectivity index (χ2n) is 10.7. The molecule has 4 heterocycles. The van der Waals surface area contributed by atoms with Crippen molar-refractivity contribution in [1.29, 1.82) is 0 Å². The van der Waals surface area contributed by atoms with E-state index in [2.05, 4.69) is 4.98 Å². The summed E-state index contributed by atoms with van der Waals surface area (Å²) >= 11 is 8.06. The Balaban J connectivity index is 1.25. The number of nitrogens with two attached hydrogens (primary N) is 1. The number of pyridine rings is 1. The Kier molecular flexibility index (Phi) is 10.6. The molecule has 12 heteroatoms. The van der Waals surface area contributed by atoms with Crippen molar-refractivity contribution in [2.75, 3.05) is 46.1 Å². The smallest absolute Gasteiger partial charge is 0.230 e. The number of piperidine rings is 1. The number of likely N-dealkylation sites (tertiary alicyclic amines) is 2. The number of ether oxygens (including phenoxy) is 3. The highest BCUT2D eigenvalue weighted by Gasteiger charge is 2.30. The van der Waals surface area contributed by atoms with Gasteiger partial charge in [-0.2, -0.15) is 0 Å². The van der Waals surface area contributed by atoms with Gasteiger partial charge in [0.2, 0.25) is 17.7 Å². The van der Waals surface area contributed by atoms with Gasteiger partial charge in [-0.15, -0.1) is 11.3 Å². The zero-order valence-electron chi connectivity index (χ0n) is 24.3. The van der Waals surface area contributed by atoms with Gasteiger partial charge in [0, 0.05) is 72.5 Å². The lowest BCUT2D eigenvalue weighted by atomic mass is 10.0. The first-order chi connectivity index (χ1) is 20.8. The molecule has 10 nitrogen and oxygen atoms in total. The van der Waals surface area contributed by atoms with Crippen molar-refractivity contribution >= 4 is 50.9 Å². The minimum absolute atomic E-state index is 0.0537. The van der Waals surface area contributed by atoms with Crippen LogP contribution in [0.5, 0.6) is 5.75 Å². The average molecular weight is 629 g/mol. The van der Waals surface area contributed by atoms with Gasteiger partial charge in [-0.05, 0) is 36.8 Å². The number of hydrogen-bond acceptors (Lipinski definition) is 9. The normalized spacial score (nSPS) is 16.1. The van der Waals surface area contributed by atoms with Crippen LogP contribution in [0.1, 0.15) is 42.5 Å². The molecule has 2 aliphatic rings. The van der Waals surface area contributed by atoms with Gasteiger partial charge in [-0.3, -0.25) is 24.3 Å². The van der Waals surface area contributed by atoms with E-state index in [-0.39, 0.29) is 43.2 Å². The maximum absolute atomic E-state index is 12.7. The molecule has 5 rings (SSSR count). The number of halogens is 1. The standard InChI is InChI=1S/C31H37ClN4O6S/c1-20-16-21(32)17-25(24-4-9-34-26-18-23(43-31(24)26)19-36-28(38)2-3-29(36)39)30(20)42-22-5-10-35(11-6-22)27(37)7-12-40-14-15-41-13-8-33/h4,9,16-18,22H,2-3,5-8,10-15,19,33H2,1H3. The third-order valence-corrected chi connectivity index (χ3v) is 9.00. The summed E-state index contributed by atoms with van der Waals surface area (Å²) in [4.78, 5) is 45.7. The lowest BCUT2D eigenvalue weighted by molar-refractivity contribution is -0.139. The van der Waals surface area contributed by atoms with Gasteiger partial charge >= 0.3 is 0 Å². The van der Waals surface area contributed by atoms with Crippen LogP contribution in [-0.4, -0.2) is 84.7 Å². The first-order valence-electron chi connectivity index (χ1n) is 14.6. The highest BCUT2D eigenvalue weighted by Crippen LogP contribution is 2.42. The molecule has 1 aromatic carbocycles. The SMILES string of the molecule is Cc1cc(Cl)cc(-c2ccnc3cc(CN4C(=O)CCC4=O)sc23)c1OC1CCN(C(=O)CCOCCOCCN)CC1. The van der Waals surface area contributed by atoms with Crippen molar-refractivity contribution in [3.63, 3.8) is 0 Å². The van der Waals surface area contributed by atoms with Gasteiger partial charge in [0.25, 0.3) is 0 Å². The average Bonchev–Trinajstić information content (AvgIpc) is 3.56. The number of imide groups is 1. The van der Waals surface area contributed by atoms with Gasteiger partial charge in [-0.1, -0.05) is 11.6 Å².